The summed E-state index contributed by atoms with van der Waals surface area (Å²) in [7, 11) is 1.61. The number of aliphatic imine (C=N–C) groups is 1. The lowest BCUT2D eigenvalue weighted by atomic mass is 10.1. The van der Waals surface area contributed by atoms with Gasteiger partial charge in [0, 0.05) is 17.1 Å². The molecule has 128 valence electrons. The van der Waals surface area contributed by atoms with Crippen molar-refractivity contribution in [3.8, 4) is 0 Å². The number of amides is 3. The number of imidazole rings is 1. The quantitative estimate of drug-likeness (QED) is 0.815. The molecule has 1 aromatic carbocycles. The molecule has 2 aliphatic rings. The molecule has 2 aliphatic heterocycles. The van der Waals surface area contributed by atoms with Crippen LogP contribution in [-0.2, 0) is 11.3 Å². The monoisotopic (exact) mass is 378 g/mol. The SMILES string of the molecule is Cc1c[n+]2c([nH]1)N=C1C2C(=O)N(Cc2ccc(Cl)cc2Cl)C(=O)N1C. The highest BCUT2D eigenvalue weighted by atomic mass is 35.5. The zero-order chi connectivity index (χ0) is 17.9. The van der Waals surface area contributed by atoms with Gasteiger partial charge >= 0.3 is 12.0 Å². The molecule has 1 atom stereocenters. The van der Waals surface area contributed by atoms with Gasteiger partial charge in [-0.05, 0) is 24.6 Å². The predicted molar refractivity (Wildman–Crippen MR) is 92.0 cm³/mol. The number of hydrogen-bond acceptors (Lipinski definition) is 3. The number of urea groups is 1. The van der Waals surface area contributed by atoms with Crippen LogP contribution in [0.15, 0.2) is 29.4 Å². The Labute approximate surface area is 153 Å². The van der Waals surface area contributed by atoms with Gasteiger partial charge in [-0.25, -0.2) is 14.3 Å². The average molecular weight is 379 g/mol. The second-order valence-corrected chi connectivity index (χ2v) is 6.89. The van der Waals surface area contributed by atoms with Gasteiger partial charge in [0.2, 0.25) is 11.9 Å². The number of nitrogens with one attached hydrogen (secondary N) is 1. The summed E-state index contributed by atoms with van der Waals surface area (Å²) >= 11 is 12.1. The van der Waals surface area contributed by atoms with Crippen LogP contribution in [0.25, 0.3) is 0 Å². The molecule has 1 saturated heterocycles. The highest BCUT2D eigenvalue weighted by molar-refractivity contribution is 6.35. The van der Waals surface area contributed by atoms with Gasteiger partial charge in [-0.3, -0.25) is 14.6 Å². The van der Waals surface area contributed by atoms with E-state index in [1.165, 1.54) is 9.80 Å². The number of benzene rings is 1. The number of aromatic amines is 1. The molecule has 2 aromatic rings. The zero-order valence-corrected chi connectivity index (χ0v) is 15.0. The normalized spacial score (nSPS) is 19.2. The maximum absolute atomic E-state index is 13.0. The Kier molecular flexibility index (Phi) is 3.59. The van der Waals surface area contributed by atoms with Gasteiger partial charge in [0.25, 0.3) is 5.91 Å². The van der Waals surface area contributed by atoms with Crippen LogP contribution >= 0.6 is 23.2 Å². The summed E-state index contributed by atoms with van der Waals surface area (Å²) in [5.74, 6) is 0.632. The first-order chi connectivity index (χ1) is 11.9. The summed E-state index contributed by atoms with van der Waals surface area (Å²) in [4.78, 5) is 35.7. The van der Waals surface area contributed by atoms with E-state index >= 15 is 0 Å². The predicted octanol–water partition coefficient (Wildman–Crippen LogP) is 2.60. The van der Waals surface area contributed by atoms with Crippen LogP contribution in [0.5, 0.6) is 0 Å². The smallest absolute Gasteiger partial charge is 0.270 e. The minimum absolute atomic E-state index is 0.0705. The molecule has 1 unspecified atom stereocenters. The van der Waals surface area contributed by atoms with Crippen molar-refractivity contribution in [3.05, 3.63) is 45.7 Å². The van der Waals surface area contributed by atoms with Crippen molar-refractivity contribution in [1.29, 1.82) is 0 Å². The molecule has 4 rings (SSSR count). The molecule has 1 fully saturated rings. The Morgan fingerprint density at radius 2 is 2.08 bits per heavy atom. The van der Waals surface area contributed by atoms with Crippen LogP contribution in [0.1, 0.15) is 17.3 Å². The van der Waals surface area contributed by atoms with Crippen molar-refractivity contribution in [2.75, 3.05) is 7.05 Å². The third-order valence-electron chi connectivity index (χ3n) is 4.33. The summed E-state index contributed by atoms with van der Waals surface area (Å²) in [6.45, 7) is 1.95. The lowest BCUT2D eigenvalue weighted by Crippen LogP contribution is -2.62. The highest BCUT2D eigenvalue weighted by Crippen LogP contribution is 2.29. The molecule has 3 amide bonds. The molecule has 1 N–H and O–H groups in total. The molecule has 1 aromatic heterocycles. The fourth-order valence-corrected chi connectivity index (χ4v) is 3.56. The van der Waals surface area contributed by atoms with Crippen LogP contribution < -0.4 is 4.57 Å². The first-order valence-electron chi connectivity index (χ1n) is 7.59. The summed E-state index contributed by atoms with van der Waals surface area (Å²) in [5.41, 5.74) is 1.53. The fraction of sp³-hybridized carbons (Fsp3) is 0.250. The Morgan fingerprint density at radius 3 is 2.80 bits per heavy atom. The summed E-state index contributed by atoms with van der Waals surface area (Å²) in [5, 5.41) is 0.905. The highest BCUT2D eigenvalue weighted by Gasteiger charge is 2.52. The van der Waals surface area contributed by atoms with Crippen molar-refractivity contribution in [2.45, 2.75) is 19.5 Å². The molecule has 0 radical (unpaired) electrons. The Hall–Kier alpha value is -2.38. The van der Waals surface area contributed by atoms with E-state index in [0.717, 1.165) is 5.69 Å². The van der Waals surface area contributed by atoms with Gasteiger partial charge in [-0.2, -0.15) is 0 Å². The first-order valence-corrected chi connectivity index (χ1v) is 8.34. The van der Waals surface area contributed by atoms with Crippen LogP contribution in [0.4, 0.5) is 10.7 Å². The summed E-state index contributed by atoms with van der Waals surface area (Å²) in [6, 6.07) is 3.88. The topological polar surface area (TPSA) is 72.6 Å². The average Bonchev–Trinajstić information content (AvgIpc) is 3.07. The van der Waals surface area contributed by atoms with E-state index in [-0.39, 0.29) is 12.5 Å². The van der Waals surface area contributed by atoms with Crippen molar-refractivity contribution >= 4 is 46.9 Å². The molecular weight excluding hydrogens is 365 g/mol. The largest absolute Gasteiger partial charge is 0.399 e. The third-order valence-corrected chi connectivity index (χ3v) is 4.92. The molecule has 3 heterocycles. The Morgan fingerprint density at radius 1 is 1.32 bits per heavy atom. The number of carbonyl (C=O) groups is 2. The molecule has 0 saturated carbocycles. The second kappa shape index (κ2) is 5.57. The van der Waals surface area contributed by atoms with E-state index in [9.17, 15) is 9.59 Å². The van der Waals surface area contributed by atoms with Gasteiger partial charge in [0.15, 0.2) is 0 Å². The molecule has 7 nitrogen and oxygen atoms in total. The number of hydrogen-bond donors (Lipinski definition) is 1. The number of likely N-dealkylation sites (N-methyl/N-ethyl adjacent to an activating group) is 1. The van der Waals surface area contributed by atoms with Crippen LogP contribution in [0, 0.1) is 6.92 Å². The second-order valence-electron chi connectivity index (χ2n) is 6.04. The minimum atomic E-state index is -0.659. The van der Waals surface area contributed by atoms with Gasteiger partial charge in [-0.15, -0.1) is 0 Å². The third kappa shape index (κ3) is 2.42. The fourth-order valence-electron chi connectivity index (χ4n) is 3.09. The van der Waals surface area contributed by atoms with E-state index in [0.29, 0.717) is 27.4 Å². The number of amidine groups is 1. The summed E-state index contributed by atoms with van der Waals surface area (Å²) in [6.07, 6.45) is 1.81. The minimum Gasteiger partial charge on any atom is -0.270 e. The first kappa shape index (κ1) is 16.1. The molecule has 25 heavy (non-hydrogen) atoms. The van der Waals surface area contributed by atoms with E-state index in [4.69, 9.17) is 23.2 Å². The van der Waals surface area contributed by atoms with E-state index in [1.54, 1.807) is 29.8 Å². The lowest BCUT2D eigenvalue weighted by Gasteiger charge is -2.33. The molecule has 9 heteroatoms. The number of aryl methyl sites for hydroxylation is 1. The van der Waals surface area contributed by atoms with Crippen molar-refractivity contribution < 1.29 is 14.2 Å². The number of H-pyrrole nitrogens is 1. The number of aromatic nitrogens is 2. The van der Waals surface area contributed by atoms with Gasteiger partial charge in [0.05, 0.1) is 6.54 Å². The van der Waals surface area contributed by atoms with Crippen molar-refractivity contribution in [2.24, 2.45) is 4.99 Å². The van der Waals surface area contributed by atoms with E-state index < -0.39 is 12.1 Å². The van der Waals surface area contributed by atoms with Crippen molar-refractivity contribution in [1.82, 2.24) is 14.8 Å². The molecular formula is C16H14Cl2N5O2+. The van der Waals surface area contributed by atoms with Crippen LogP contribution in [0.3, 0.4) is 0 Å². The van der Waals surface area contributed by atoms with Crippen LogP contribution in [0.2, 0.25) is 10.0 Å². The summed E-state index contributed by atoms with van der Waals surface area (Å²) < 4.78 is 1.74. The Balaban J connectivity index is 1.71. The number of carbonyl (C=O) groups excluding carboxylic acids is 2. The Bertz CT molecular complexity index is 952. The van der Waals surface area contributed by atoms with Gasteiger partial charge in [-0.1, -0.05) is 34.3 Å². The molecule has 0 spiro atoms. The zero-order valence-electron chi connectivity index (χ0n) is 13.5. The van der Waals surface area contributed by atoms with E-state index in [1.807, 2.05) is 13.1 Å². The lowest BCUT2D eigenvalue weighted by molar-refractivity contribution is -0.676. The van der Waals surface area contributed by atoms with E-state index in [2.05, 4.69) is 9.98 Å². The van der Waals surface area contributed by atoms with Gasteiger partial charge < -0.3 is 0 Å². The molecule has 0 bridgehead atoms. The number of halogens is 2. The number of nitrogens with zero attached hydrogens (tertiary/aromatic N) is 4. The number of imide groups is 1. The number of fused-ring (bicyclic) bond motifs is 3. The standard InChI is InChI=1S/C16H13Cl2N5O2/c1-8-6-22-12-13(20-15(22)19-8)21(2)16(25)23(14(12)24)7-9-3-4-10(17)5-11(9)18/h3-6,12H,7H2,1-2H3/p+1. The maximum Gasteiger partial charge on any atom is 0.399 e. The molecule has 0 aliphatic carbocycles. The van der Waals surface area contributed by atoms with Crippen LogP contribution in [-0.4, -0.2) is 39.6 Å². The maximum atomic E-state index is 13.0. The van der Waals surface area contributed by atoms with Crippen molar-refractivity contribution in [3.63, 3.8) is 0 Å². The number of rotatable bonds is 2. The van der Waals surface area contributed by atoms with Gasteiger partial charge in [0.1, 0.15) is 11.9 Å².